The number of anilines is 1. The Balaban J connectivity index is 1.21. The van der Waals surface area contributed by atoms with E-state index in [0.29, 0.717) is 28.7 Å². The summed E-state index contributed by atoms with van der Waals surface area (Å²) in [6.45, 7) is 4.20. The van der Waals surface area contributed by atoms with Gasteiger partial charge in [-0.25, -0.2) is 9.78 Å². The number of benzene rings is 1. The van der Waals surface area contributed by atoms with E-state index < -0.39 is 0 Å². The average Bonchev–Trinajstić information content (AvgIpc) is 3.50. The Kier molecular flexibility index (Phi) is 6.94. The van der Waals surface area contributed by atoms with Gasteiger partial charge in [-0.3, -0.25) is 14.5 Å². The van der Waals surface area contributed by atoms with Crippen LogP contribution < -0.4 is 30.9 Å². The van der Waals surface area contributed by atoms with Crippen molar-refractivity contribution in [3.63, 3.8) is 0 Å². The number of carbonyl (C=O) groups excluding carboxylic acids is 3. The number of nitrogens with zero attached hydrogens (tertiary/aromatic N) is 2. The fourth-order valence-electron chi connectivity index (χ4n) is 6.12. The molecule has 39 heavy (non-hydrogen) atoms. The summed E-state index contributed by atoms with van der Waals surface area (Å²) >= 11 is 1.49. The van der Waals surface area contributed by atoms with Gasteiger partial charge in [-0.15, -0.1) is 0 Å². The molecule has 11 heteroatoms. The molecular formula is C28H32N6O4S. The number of hydrogen-bond donors (Lipinski definition) is 4. The Morgan fingerprint density at radius 3 is 2.64 bits per heavy atom. The Labute approximate surface area is 231 Å². The quantitative estimate of drug-likeness (QED) is 0.437. The van der Waals surface area contributed by atoms with Crippen molar-refractivity contribution in [2.24, 2.45) is 5.92 Å². The minimum Gasteiger partial charge on any atom is -0.439 e. The highest BCUT2D eigenvalue weighted by Crippen LogP contribution is 2.48. The van der Waals surface area contributed by atoms with E-state index in [4.69, 9.17) is 4.74 Å². The zero-order chi connectivity index (χ0) is 27.1. The normalized spacial score (nSPS) is 27.6. The van der Waals surface area contributed by atoms with E-state index in [1.54, 1.807) is 11.1 Å². The number of ether oxygens (including phenoxy) is 1. The molecule has 1 aromatic heterocycles. The number of nitrogens with one attached hydrogen (secondary N) is 4. The summed E-state index contributed by atoms with van der Waals surface area (Å²) in [6, 6.07) is 11.0. The first kappa shape index (κ1) is 25.7. The minimum atomic E-state index is -0.257. The van der Waals surface area contributed by atoms with Crippen molar-refractivity contribution >= 4 is 35.3 Å². The molecule has 2 aromatic rings. The molecule has 1 aromatic carbocycles. The largest absolute Gasteiger partial charge is 0.439 e. The maximum absolute atomic E-state index is 13.5. The second kappa shape index (κ2) is 10.5. The summed E-state index contributed by atoms with van der Waals surface area (Å²) in [5.74, 6) is 0.903. The number of amides is 4. The van der Waals surface area contributed by atoms with E-state index in [0.717, 1.165) is 37.1 Å². The molecule has 2 saturated heterocycles. The molecule has 0 bridgehead atoms. The van der Waals surface area contributed by atoms with Crippen molar-refractivity contribution < 1.29 is 19.1 Å². The lowest BCUT2D eigenvalue weighted by Crippen LogP contribution is -2.62. The van der Waals surface area contributed by atoms with Crippen molar-refractivity contribution in [2.75, 3.05) is 11.4 Å². The molecule has 1 saturated carbocycles. The number of thioether (sulfide) groups is 1. The highest BCUT2D eigenvalue weighted by Gasteiger charge is 2.52. The third-order valence-electron chi connectivity index (χ3n) is 7.81. The molecule has 4 heterocycles. The number of aromatic nitrogens is 1. The molecule has 6 rings (SSSR count). The highest BCUT2D eigenvalue weighted by atomic mass is 32.2. The second-order valence-electron chi connectivity index (χ2n) is 10.5. The van der Waals surface area contributed by atoms with Crippen LogP contribution in [0.15, 0.2) is 53.2 Å². The summed E-state index contributed by atoms with van der Waals surface area (Å²) in [6.07, 6.45) is 4.82. The molecule has 5 atom stereocenters. The Morgan fingerprint density at radius 1 is 1.13 bits per heavy atom. The number of piperidine rings is 1. The molecule has 3 aliphatic heterocycles. The topological polar surface area (TPSA) is 125 Å². The van der Waals surface area contributed by atoms with E-state index in [2.05, 4.69) is 26.3 Å². The van der Waals surface area contributed by atoms with Crippen LogP contribution >= 0.6 is 11.8 Å². The van der Waals surface area contributed by atoms with Crippen LogP contribution in [0.2, 0.25) is 0 Å². The molecule has 10 nitrogen and oxygen atoms in total. The fourth-order valence-corrected chi connectivity index (χ4v) is 7.52. The van der Waals surface area contributed by atoms with Gasteiger partial charge in [0, 0.05) is 36.7 Å². The van der Waals surface area contributed by atoms with Gasteiger partial charge in [0.2, 0.25) is 11.8 Å². The predicted molar refractivity (Wildman–Crippen MR) is 148 cm³/mol. The monoisotopic (exact) mass is 548 g/mol. The van der Waals surface area contributed by atoms with Gasteiger partial charge in [0.1, 0.15) is 5.75 Å². The van der Waals surface area contributed by atoms with E-state index in [9.17, 15) is 14.4 Å². The average molecular weight is 549 g/mol. The lowest BCUT2D eigenvalue weighted by Gasteiger charge is -2.46. The van der Waals surface area contributed by atoms with Gasteiger partial charge in [-0.05, 0) is 56.8 Å². The molecule has 4 amide bonds. The van der Waals surface area contributed by atoms with E-state index in [1.807, 2.05) is 43.3 Å². The number of pyridine rings is 1. The first-order valence-corrected chi connectivity index (χ1v) is 14.3. The van der Waals surface area contributed by atoms with Crippen LogP contribution in [0.1, 0.15) is 38.2 Å². The Hall–Kier alpha value is -3.57. The minimum absolute atomic E-state index is 0.00410. The van der Waals surface area contributed by atoms with E-state index in [1.165, 1.54) is 18.7 Å². The van der Waals surface area contributed by atoms with Gasteiger partial charge in [0.25, 0.3) is 5.91 Å². The van der Waals surface area contributed by atoms with Gasteiger partial charge < -0.3 is 26.0 Å². The van der Waals surface area contributed by atoms with Crippen molar-refractivity contribution in [2.45, 2.75) is 63.0 Å². The van der Waals surface area contributed by atoms with Gasteiger partial charge in [-0.2, -0.15) is 0 Å². The number of carbonyl (C=O) groups is 3. The number of aryl methyl sites for hydroxylation is 1. The molecule has 3 fully saturated rings. The zero-order valence-corrected chi connectivity index (χ0v) is 22.7. The predicted octanol–water partition coefficient (Wildman–Crippen LogP) is 3.15. The van der Waals surface area contributed by atoms with Gasteiger partial charge in [-0.1, -0.05) is 30.0 Å². The number of rotatable bonds is 6. The third-order valence-corrected chi connectivity index (χ3v) is 9.16. The van der Waals surface area contributed by atoms with Crippen LogP contribution in [0.5, 0.6) is 11.6 Å². The van der Waals surface area contributed by atoms with E-state index >= 15 is 0 Å². The van der Waals surface area contributed by atoms with Gasteiger partial charge >= 0.3 is 6.03 Å². The molecule has 4 aliphatic rings. The summed E-state index contributed by atoms with van der Waals surface area (Å²) < 4.78 is 5.88. The maximum atomic E-state index is 13.5. The molecule has 4 N–H and O–H groups in total. The summed E-state index contributed by atoms with van der Waals surface area (Å²) in [7, 11) is 0. The van der Waals surface area contributed by atoms with Gasteiger partial charge in [0.15, 0.2) is 0 Å². The lowest BCUT2D eigenvalue weighted by atomic mass is 9.86. The Bertz CT molecular complexity index is 1330. The van der Waals surface area contributed by atoms with E-state index in [-0.39, 0.29) is 47.3 Å². The standard InChI is InChI=1S/C28H32N6O4S/c1-15-12-22(38-19-6-4-3-5-7-19)30-14-21(15)34-20-10-11-29-27-23(20)24(33-28(34)37)25(39-27)26(36)32-18-9-8-17(13-18)31-16(2)35/h3-7,12,14,17-18,20,23,27,29H,8-11,13H2,1-2H3,(H,31,35)(H,32,36)(H,33,37)/t17-,18+,20?,23?,27?/m1/s1. The zero-order valence-electron chi connectivity index (χ0n) is 21.9. The number of hydrogen-bond acceptors (Lipinski definition) is 7. The SMILES string of the molecule is CC(=O)N[C@@H]1CC[C@H](NC(=O)C2=C3NC(=O)N(c4cnc(Oc5ccccc5)cc4C)C4CCNC(S2)C34)C1. The fraction of sp³-hybridized carbons (Fsp3) is 0.429. The Morgan fingerprint density at radius 2 is 1.90 bits per heavy atom. The van der Waals surface area contributed by atoms with Crippen molar-refractivity contribution in [1.82, 2.24) is 26.3 Å². The van der Waals surface area contributed by atoms with Crippen molar-refractivity contribution in [3.8, 4) is 11.6 Å². The molecular weight excluding hydrogens is 516 g/mol. The van der Waals surface area contributed by atoms with Crippen LogP contribution in [0, 0.1) is 12.8 Å². The molecule has 204 valence electrons. The lowest BCUT2D eigenvalue weighted by molar-refractivity contribution is -0.119. The van der Waals surface area contributed by atoms with Crippen LogP contribution in [-0.4, -0.2) is 52.9 Å². The van der Waals surface area contributed by atoms with Crippen molar-refractivity contribution in [3.05, 3.63) is 58.8 Å². The third kappa shape index (κ3) is 5.08. The molecule has 3 unspecified atom stereocenters. The summed E-state index contributed by atoms with van der Waals surface area (Å²) in [4.78, 5) is 45.2. The van der Waals surface area contributed by atoms with Crippen LogP contribution in [-0.2, 0) is 9.59 Å². The van der Waals surface area contributed by atoms with Crippen LogP contribution in [0.25, 0.3) is 0 Å². The first-order chi connectivity index (χ1) is 18.9. The number of urea groups is 1. The highest BCUT2D eigenvalue weighted by molar-refractivity contribution is 8.04. The number of para-hydroxylation sites is 1. The first-order valence-electron chi connectivity index (χ1n) is 13.4. The smallest absolute Gasteiger partial charge is 0.326 e. The van der Waals surface area contributed by atoms with Gasteiger partial charge in [0.05, 0.1) is 28.2 Å². The molecule has 0 spiro atoms. The van der Waals surface area contributed by atoms with Crippen LogP contribution in [0.4, 0.5) is 10.5 Å². The maximum Gasteiger partial charge on any atom is 0.326 e. The summed E-state index contributed by atoms with van der Waals surface area (Å²) in [5.41, 5.74) is 2.31. The second-order valence-corrected chi connectivity index (χ2v) is 11.7. The molecule has 1 aliphatic carbocycles. The summed E-state index contributed by atoms with van der Waals surface area (Å²) in [5, 5.41) is 12.7. The molecule has 0 radical (unpaired) electrons. The van der Waals surface area contributed by atoms with Crippen molar-refractivity contribution in [1.29, 1.82) is 0 Å². The van der Waals surface area contributed by atoms with Crippen LogP contribution in [0.3, 0.4) is 0 Å².